The Bertz CT molecular complexity index is 716. The van der Waals surface area contributed by atoms with Gasteiger partial charge in [-0.15, -0.1) is 0 Å². The molecule has 1 fully saturated rings. The van der Waals surface area contributed by atoms with Gasteiger partial charge in [0.25, 0.3) is 5.91 Å². The van der Waals surface area contributed by atoms with Gasteiger partial charge in [0, 0.05) is 44.5 Å². The van der Waals surface area contributed by atoms with E-state index >= 15 is 0 Å². The van der Waals surface area contributed by atoms with Gasteiger partial charge in [0.2, 0.25) is 5.88 Å². The normalized spacial score (nSPS) is 18.2. The maximum atomic E-state index is 12.8. The Morgan fingerprint density at radius 1 is 1.19 bits per heavy atom. The van der Waals surface area contributed by atoms with Gasteiger partial charge in [0.15, 0.2) is 0 Å². The van der Waals surface area contributed by atoms with Gasteiger partial charge in [-0.2, -0.15) is 0 Å². The number of benzene rings is 1. The lowest BCUT2D eigenvalue weighted by atomic mass is 10.1. The molecule has 0 N–H and O–H groups in total. The number of hydrogen-bond acceptors (Lipinski definition) is 4. The van der Waals surface area contributed by atoms with Crippen molar-refractivity contribution in [3.63, 3.8) is 0 Å². The summed E-state index contributed by atoms with van der Waals surface area (Å²) in [6.07, 6.45) is 1.69. The SMILES string of the molecule is CC(C)Oc1ccc(C(=O)N2CCN(Cc3ccccc3)CC2C)cn1. The van der Waals surface area contributed by atoms with Crippen molar-refractivity contribution in [3.05, 3.63) is 59.8 Å². The molecule has 3 rings (SSSR count). The molecule has 1 saturated heterocycles. The van der Waals surface area contributed by atoms with Gasteiger partial charge in [-0.1, -0.05) is 30.3 Å². The number of rotatable bonds is 5. The maximum absolute atomic E-state index is 12.8. The van der Waals surface area contributed by atoms with Crippen LogP contribution in [0.25, 0.3) is 0 Å². The van der Waals surface area contributed by atoms with Gasteiger partial charge in [-0.25, -0.2) is 4.98 Å². The van der Waals surface area contributed by atoms with Crippen molar-refractivity contribution in [2.45, 2.75) is 39.5 Å². The Balaban J connectivity index is 1.59. The number of carbonyl (C=O) groups is 1. The van der Waals surface area contributed by atoms with Gasteiger partial charge >= 0.3 is 0 Å². The molecule has 2 heterocycles. The molecule has 1 aromatic carbocycles. The number of pyridine rings is 1. The van der Waals surface area contributed by atoms with Crippen LogP contribution in [0.5, 0.6) is 5.88 Å². The van der Waals surface area contributed by atoms with E-state index in [0.717, 1.165) is 26.2 Å². The van der Waals surface area contributed by atoms with Crippen LogP contribution in [0.4, 0.5) is 0 Å². The third-order valence-electron chi connectivity index (χ3n) is 4.56. The minimum absolute atomic E-state index is 0.0421. The molecule has 2 aromatic rings. The molecular formula is C21H27N3O2. The van der Waals surface area contributed by atoms with E-state index in [1.807, 2.05) is 24.8 Å². The third-order valence-corrected chi connectivity index (χ3v) is 4.56. The third kappa shape index (κ3) is 4.61. The van der Waals surface area contributed by atoms with Crippen molar-refractivity contribution in [2.24, 2.45) is 0 Å². The molecule has 5 nitrogen and oxygen atoms in total. The molecule has 0 radical (unpaired) electrons. The largest absolute Gasteiger partial charge is 0.475 e. The number of amides is 1. The molecular weight excluding hydrogens is 326 g/mol. The zero-order chi connectivity index (χ0) is 18.5. The lowest BCUT2D eigenvalue weighted by Gasteiger charge is -2.40. The van der Waals surface area contributed by atoms with E-state index in [4.69, 9.17) is 4.74 Å². The summed E-state index contributed by atoms with van der Waals surface area (Å²) in [5.74, 6) is 0.595. The topological polar surface area (TPSA) is 45.7 Å². The summed E-state index contributed by atoms with van der Waals surface area (Å²) < 4.78 is 5.54. The summed E-state index contributed by atoms with van der Waals surface area (Å²) in [4.78, 5) is 21.4. The minimum Gasteiger partial charge on any atom is -0.475 e. The summed E-state index contributed by atoms with van der Waals surface area (Å²) >= 11 is 0. The molecule has 1 aliphatic rings. The zero-order valence-electron chi connectivity index (χ0n) is 15.8. The van der Waals surface area contributed by atoms with Crippen molar-refractivity contribution >= 4 is 5.91 Å². The van der Waals surface area contributed by atoms with Crippen molar-refractivity contribution < 1.29 is 9.53 Å². The van der Waals surface area contributed by atoms with Crippen LogP contribution in [0.15, 0.2) is 48.7 Å². The highest BCUT2D eigenvalue weighted by molar-refractivity contribution is 5.94. The molecule has 26 heavy (non-hydrogen) atoms. The Kier molecular flexibility index (Phi) is 5.89. The van der Waals surface area contributed by atoms with Gasteiger partial charge < -0.3 is 9.64 Å². The van der Waals surface area contributed by atoms with E-state index in [9.17, 15) is 4.79 Å². The fourth-order valence-corrected chi connectivity index (χ4v) is 3.30. The zero-order valence-corrected chi connectivity index (χ0v) is 15.8. The minimum atomic E-state index is 0.0421. The van der Waals surface area contributed by atoms with Crippen LogP contribution in [-0.4, -0.2) is 52.5 Å². The first-order valence-electron chi connectivity index (χ1n) is 9.23. The molecule has 0 aliphatic carbocycles. The number of carbonyl (C=O) groups excluding carboxylic acids is 1. The van der Waals surface area contributed by atoms with Crippen molar-refractivity contribution in [2.75, 3.05) is 19.6 Å². The predicted octanol–water partition coefficient (Wildman–Crippen LogP) is 3.22. The van der Waals surface area contributed by atoms with Crippen molar-refractivity contribution in [1.82, 2.24) is 14.8 Å². The molecule has 1 amide bonds. The van der Waals surface area contributed by atoms with Crippen LogP contribution in [0, 0.1) is 0 Å². The number of nitrogens with zero attached hydrogens (tertiary/aromatic N) is 3. The van der Waals surface area contributed by atoms with E-state index in [2.05, 4.69) is 41.1 Å². The van der Waals surface area contributed by atoms with Gasteiger partial charge in [0.1, 0.15) is 0 Å². The molecule has 1 aliphatic heterocycles. The highest BCUT2D eigenvalue weighted by Crippen LogP contribution is 2.17. The maximum Gasteiger partial charge on any atom is 0.255 e. The number of ether oxygens (including phenoxy) is 1. The molecule has 138 valence electrons. The first kappa shape index (κ1) is 18.4. The Labute approximate surface area is 155 Å². The molecule has 0 saturated carbocycles. The van der Waals surface area contributed by atoms with E-state index in [0.29, 0.717) is 11.4 Å². The predicted molar refractivity (Wildman–Crippen MR) is 102 cm³/mol. The Morgan fingerprint density at radius 2 is 1.96 bits per heavy atom. The quantitative estimate of drug-likeness (QED) is 0.828. The molecule has 1 atom stereocenters. The fraction of sp³-hybridized carbons (Fsp3) is 0.429. The van der Waals surface area contributed by atoms with E-state index < -0.39 is 0 Å². The summed E-state index contributed by atoms with van der Waals surface area (Å²) in [7, 11) is 0. The second-order valence-corrected chi connectivity index (χ2v) is 7.12. The average molecular weight is 353 g/mol. The lowest BCUT2D eigenvalue weighted by Crippen LogP contribution is -2.53. The van der Waals surface area contributed by atoms with Crippen molar-refractivity contribution in [3.8, 4) is 5.88 Å². The van der Waals surface area contributed by atoms with Crippen LogP contribution < -0.4 is 4.74 Å². The molecule has 1 aromatic heterocycles. The van der Waals surface area contributed by atoms with Gasteiger partial charge in [-0.05, 0) is 32.4 Å². The van der Waals surface area contributed by atoms with Crippen LogP contribution >= 0.6 is 0 Å². The summed E-state index contributed by atoms with van der Waals surface area (Å²) in [6, 6.07) is 14.2. The van der Waals surface area contributed by atoms with Crippen LogP contribution in [0.2, 0.25) is 0 Å². The molecule has 0 spiro atoms. The smallest absolute Gasteiger partial charge is 0.255 e. The number of aromatic nitrogens is 1. The van der Waals surface area contributed by atoms with Gasteiger partial charge in [0.05, 0.1) is 11.7 Å². The Morgan fingerprint density at radius 3 is 2.58 bits per heavy atom. The summed E-state index contributed by atoms with van der Waals surface area (Å²) in [5.41, 5.74) is 1.92. The summed E-state index contributed by atoms with van der Waals surface area (Å²) in [6.45, 7) is 9.44. The number of piperazine rings is 1. The fourth-order valence-electron chi connectivity index (χ4n) is 3.30. The monoisotopic (exact) mass is 353 g/mol. The molecule has 1 unspecified atom stereocenters. The average Bonchev–Trinajstić information content (AvgIpc) is 2.62. The van der Waals surface area contributed by atoms with E-state index in [1.54, 1.807) is 18.3 Å². The van der Waals surface area contributed by atoms with Crippen LogP contribution in [0.3, 0.4) is 0 Å². The van der Waals surface area contributed by atoms with Crippen LogP contribution in [-0.2, 0) is 6.54 Å². The highest BCUT2D eigenvalue weighted by atomic mass is 16.5. The lowest BCUT2D eigenvalue weighted by molar-refractivity contribution is 0.0475. The number of hydrogen-bond donors (Lipinski definition) is 0. The second kappa shape index (κ2) is 8.32. The van der Waals surface area contributed by atoms with E-state index in [-0.39, 0.29) is 18.1 Å². The van der Waals surface area contributed by atoms with Gasteiger partial charge in [-0.3, -0.25) is 9.69 Å². The van der Waals surface area contributed by atoms with Crippen LogP contribution in [0.1, 0.15) is 36.7 Å². The van der Waals surface area contributed by atoms with Crippen molar-refractivity contribution in [1.29, 1.82) is 0 Å². The summed E-state index contributed by atoms with van der Waals surface area (Å²) in [5, 5.41) is 0. The standard InChI is InChI=1S/C21H27N3O2/c1-16(2)26-20-10-9-19(13-22-20)21(25)24-12-11-23(14-17(24)3)15-18-7-5-4-6-8-18/h4-10,13,16-17H,11-12,14-15H2,1-3H3. The molecule has 5 heteroatoms. The first-order chi connectivity index (χ1) is 12.5. The Hall–Kier alpha value is -2.40. The second-order valence-electron chi connectivity index (χ2n) is 7.12. The highest BCUT2D eigenvalue weighted by Gasteiger charge is 2.28. The van der Waals surface area contributed by atoms with E-state index in [1.165, 1.54) is 5.56 Å². The first-order valence-corrected chi connectivity index (χ1v) is 9.23. The molecule has 0 bridgehead atoms.